The number of carbonyl (C=O) groups is 5. The number of Topliss-reactive ketones (excluding diaryl/α,β-unsaturated/α-hetero) is 1. The van der Waals surface area contributed by atoms with Crippen molar-refractivity contribution in [3.8, 4) is 0 Å². The number of carbonyl (C=O) groups excluding carboxylic acids is 5. The normalized spacial score (nSPS) is 30.5. The Kier molecular flexibility index (Phi) is 8.44. The van der Waals surface area contributed by atoms with E-state index in [1.54, 1.807) is 6.20 Å². The van der Waals surface area contributed by atoms with E-state index in [0.717, 1.165) is 37.5 Å². The predicted molar refractivity (Wildman–Crippen MR) is 176 cm³/mol. The number of benzene rings is 1. The van der Waals surface area contributed by atoms with Crippen LogP contribution in [0, 0.1) is 23.2 Å². The molecule has 5 bridgehead atoms. The van der Waals surface area contributed by atoms with Crippen molar-refractivity contribution in [3.63, 3.8) is 0 Å². The Morgan fingerprint density at radius 2 is 1.77 bits per heavy atom. The van der Waals surface area contributed by atoms with E-state index in [1.807, 2.05) is 68.5 Å². The molecule has 2 fully saturated rings. The monoisotopic (exact) mass is 651 g/mol. The minimum absolute atomic E-state index is 0.107. The van der Waals surface area contributed by atoms with Gasteiger partial charge in [0.15, 0.2) is 5.78 Å². The van der Waals surface area contributed by atoms with Gasteiger partial charge >= 0.3 is 17.9 Å². The molecule has 0 amide bonds. The number of hydrogen-bond donors (Lipinski definition) is 0. The molecular formula is C39H41NO8. The van der Waals surface area contributed by atoms with Crippen molar-refractivity contribution in [1.82, 2.24) is 4.57 Å². The first-order chi connectivity index (χ1) is 23.2. The lowest BCUT2D eigenvalue weighted by atomic mass is 9.59. The average Bonchev–Trinajstić information content (AvgIpc) is 3.66. The van der Waals surface area contributed by atoms with Gasteiger partial charge in [-0.15, -0.1) is 0 Å². The topological polar surface area (TPSA) is 118 Å². The molecule has 2 aromatic rings. The van der Waals surface area contributed by atoms with Gasteiger partial charge in [0.1, 0.15) is 11.5 Å². The van der Waals surface area contributed by atoms with Crippen LogP contribution >= 0.6 is 0 Å². The first-order valence-electron chi connectivity index (χ1n) is 17.2. The van der Waals surface area contributed by atoms with Crippen LogP contribution in [0.2, 0.25) is 0 Å². The lowest BCUT2D eigenvalue weighted by molar-refractivity contribution is -0.268. The third kappa shape index (κ3) is 5.05. The molecule has 2 aliphatic carbocycles. The van der Waals surface area contributed by atoms with Crippen molar-refractivity contribution >= 4 is 40.5 Å². The second-order valence-corrected chi connectivity index (χ2v) is 13.7. The molecule has 3 aliphatic heterocycles. The maximum Gasteiger partial charge on any atom is 0.343 e. The fourth-order valence-corrected chi connectivity index (χ4v) is 8.78. The van der Waals surface area contributed by atoms with Gasteiger partial charge in [0.05, 0.1) is 22.6 Å². The van der Waals surface area contributed by atoms with Gasteiger partial charge in [0.25, 0.3) is 0 Å². The largest absolute Gasteiger partial charge is 0.427 e. The second-order valence-electron chi connectivity index (χ2n) is 13.7. The molecule has 1 spiro atoms. The van der Waals surface area contributed by atoms with E-state index in [4.69, 9.17) is 14.2 Å². The molecule has 6 atom stereocenters. The smallest absolute Gasteiger partial charge is 0.343 e. The van der Waals surface area contributed by atoms with Gasteiger partial charge in [-0.1, -0.05) is 61.4 Å². The van der Waals surface area contributed by atoms with Crippen LogP contribution < -0.4 is 0 Å². The number of nitrogens with zero attached hydrogens (tertiary/aromatic N) is 1. The highest BCUT2D eigenvalue weighted by atomic mass is 16.7. The van der Waals surface area contributed by atoms with Crippen molar-refractivity contribution in [2.45, 2.75) is 89.9 Å². The van der Waals surface area contributed by atoms with Crippen LogP contribution in [0.5, 0.6) is 0 Å². The molecule has 5 aliphatic rings. The molecule has 7 rings (SSSR count). The first-order valence-corrected chi connectivity index (χ1v) is 17.2. The van der Waals surface area contributed by atoms with Crippen LogP contribution in [0.4, 0.5) is 0 Å². The number of fused-ring (bicyclic) bond motifs is 1. The highest BCUT2D eigenvalue weighted by Gasteiger charge is 2.75. The van der Waals surface area contributed by atoms with Crippen molar-refractivity contribution < 1.29 is 38.2 Å². The molecule has 9 heteroatoms. The lowest BCUT2D eigenvalue weighted by Crippen LogP contribution is -2.59. The van der Waals surface area contributed by atoms with E-state index in [0.29, 0.717) is 23.9 Å². The Balaban J connectivity index is 1.34. The number of para-hydroxylation sites is 1. The summed E-state index contributed by atoms with van der Waals surface area (Å²) in [6.07, 6.45) is 16.1. The van der Waals surface area contributed by atoms with E-state index in [2.05, 4.69) is 6.08 Å². The number of unbranched alkanes of at least 4 members (excludes halogenated alkanes) is 3. The Morgan fingerprint density at radius 1 is 0.979 bits per heavy atom. The number of hydrogen-bond acceptors (Lipinski definition) is 8. The molecule has 1 aromatic heterocycles. The van der Waals surface area contributed by atoms with Crippen LogP contribution in [0.15, 0.2) is 83.6 Å². The number of ketones is 1. The van der Waals surface area contributed by atoms with Gasteiger partial charge < -0.3 is 14.2 Å². The number of esters is 3. The minimum atomic E-state index is -1.79. The zero-order valence-electron chi connectivity index (χ0n) is 27.4. The van der Waals surface area contributed by atoms with Gasteiger partial charge in [-0.25, -0.2) is 9.59 Å². The summed E-state index contributed by atoms with van der Waals surface area (Å²) in [5.41, 5.74) is -0.186. The fourth-order valence-electron chi connectivity index (χ4n) is 8.78. The number of aromatic nitrogens is 1. The summed E-state index contributed by atoms with van der Waals surface area (Å²) in [6, 6.07) is 9.30. The van der Waals surface area contributed by atoms with Crippen LogP contribution in [0.25, 0.3) is 10.9 Å². The van der Waals surface area contributed by atoms with Gasteiger partial charge in [-0.05, 0) is 69.9 Å². The number of allylic oxidation sites excluding steroid dienone is 5. The molecule has 9 nitrogen and oxygen atoms in total. The van der Waals surface area contributed by atoms with Crippen molar-refractivity contribution in [2.75, 3.05) is 0 Å². The molecule has 0 unspecified atom stereocenters. The summed E-state index contributed by atoms with van der Waals surface area (Å²) in [5.74, 6) is -5.78. The molecule has 48 heavy (non-hydrogen) atoms. The van der Waals surface area contributed by atoms with Gasteiger partial charge in [0, 0.05) is 36.4 Å². The zero-order valence-corrected chi connectivity index (χ0v) is 27.4. The number of rotatable bonds is 12. The summed E-state index contributed by atoms with van der Waals surface area (Å²) in [4.78, 5) is 69.1. The predicted octanol–water partition coefficient (Wildman–Crippen LogP) is 6.72. The van der Waals surface area contributed by atoms with Crippen molar-refractivity contribution in [1.29, 1.82) is 0 Å². The van der Waals surface area contributed by atoms with Gasteiger partial charge in [-0.3, -0.25) is 19.0 Å². The Labute approximate surface area is 279 Å². The third-order valence-corrected chi connectivity index (χ3v) is 11.0. The highest BCUT2D eigenvalue weighted by molar-refractivity contribution is 6.14. The maximum atomic E-state index is 14.4. The summed E-state index contributed by atoms with van der Waals surface area (Å²) in [7, 11) is 0. The molecule has 2 saturated heterocycles. The quantitative estimate of drug-likeness (QED) is 0.107. The molecule has 0 saturated carbocycles. The Hall–Kier alpha value is -4.37. The molecule has 250 valence electrons. The summed E-state index contributed by atoms with van der Waals surface area (Å²) >= 11 is 0. The van der Waals surface area contributed by atoms with E-state index >= 15 is 0 Å². The van der Waals surface area contributed by atoms with Crippen LogP contribution in [0.3, 0.4) is 0 Å². The molecule has 1 aromatic carbocycles. The SMILES string of the molecule is C/C=C/CCCCC[C@@H]1C=C2[C@@]3(CC(=O)n4ccc5ccccc54)CC4=C(C(=O)OC4=O)[C@@H]4[C@H]1C[C@H](C(=O)CC/C=C/C)O[C@]24OC3=O. The minimum Gasteiger partial charge on any atom is -0.427 e. The highest BCUT2D eigenvalue weighted by Crippen LogP contribution is 2.67. The maximum absolute atomic E-state index is 14.4. The molecule has 4 heterocycles. The van der Waals surface area contributed by atoms with E-state index < -0.39 is 41.1 Å². The molecule has 0 radical (unpaired) electrons. The Bertz CT molecular complexity index is 1820. The average molecular weight is 652 g/mol. The van der Waals surface area contributed by atoms with Gasteiger partial charge in [-0.2, -0.15) is 0 Å². The fraction of sp³-hybridized carbons (Fsp3) is 0.462. The second kappa shape index (κ2) is 12.6. The zero-order chi connectivity index (χ0) is 33.6. The number of cyclic esters (lactones) is 2. The van der Waals surface area contributed by atoms with Crippen LogP contribution in [-0.4, -0.2) is 46.1 Å². The molecular weight excluding hydrogens is 610 g/mol. The van der Waals surface area contributed by atoms with E-state index in [9.17, 15) is 24.0 Å². The van der Waals surface area contributed by atoms with E-state index in [1.165, 1.54) is 4.57 Å². The summed E-state index contributed by atoms with van der Waals surface area (Å²) in [5, 5.41) is 0.869. The van der Waals surface area contributed by atoms with Crippen molar-refractivity contribution in [3.05, 3.63) is 83.6 Å². The number of ether oxygens (including phenoxy) is 3. The van der Waals surface area contributed by atoms with Gasteiger partial charge in [0.2, 0.25) is 11.7 Å². The Morgan fingerprint density at radius 3 is 2.58 bits per heavy atom. The summed E-state index contributed by atoms with van der Waals surface area (Å²) in [6.45, 7) is 3.90. The van der Waals surface area contributed by atoms with Crippen LogP contribution in [0.1, 0.15) is 82.9 Å². The van der Waals surface area contributed by atoms with Crippen LogP contribution in [-0.2, 0) is 33.4 Å². The lowest BCUT2D eigenvalue weighted by Gasteiger charge is -2.52. The summed E-state index contributed by atoms with van der Waals surface area (Å²) < 4.78 is 19.7. The van der Waals surface area contributed by atoms with E-state index in [-0.39, 0.29) is 53.9 Å². The van der Waals surface area contributed by atoms with Crippen molar-refractivity contribution in [2.24, 2.45) is 23.2 Å². The first kappa shape index (κ1) is 32.2. The third-order valence-electron chi connectivity index (χ3n) is 11.0. The molecule has 0 N–H and O–H groups in total. The standard InChI is InChI=1S/C39H41NO8/c1-3-5-7-8-9-11-15-25-20-31-38(23-32(42)40-19-18-24-14-12-13-16-28(24)40)22-27-33(36(44)46-35(27)43)34-26(25)21-30(29(41)17-10-6-4-2)47-39(31,34)48-37(38)45/h3-6,12-14,16,18-20,25-26,30,34H,7-11,15,17,21-23H2,1-2H3/b5-3+,6-4+/t25-,26+,30-,34+,38+,39+/m1/s1.